The van der Waals surface area contributed by atoms with Gasteiger partial charge in [-0.2, -0.15) is 0 Å². The Morgan fingerprint density at radius 2 is 0.447 bits per heavy atom. The Kier molecular flexibility index (Phi) is 75.4. The summed E-state index contributed by atoms with van der Waals surface area (Å²) in [5.41, 5.74) is 0. The highest BCUT2D eigenvalue weighted by Crippen LogP contribution is 2.45. The van der Waals surface area contributed by atoms with Gasteiger partial charge in [0, 0.05) is 25.7 Å². The molecule has 0 fully saturated rings. The van der Waals surface area contributed by atoms with E-state index >= 15 is 0 Å². The van der Waals surface area contributed by atoms with E-state index in [1.165, 1.54) is 276 Å². The van der Waals surface area contributed by atoms with Gasteiger partial charge in [0.1, 0.15) is 19.3 Å². The molecule has 0 aliphatic heterocycles. The highest BCUT2D eigenvalue weighted by Gasteiger charge is 2.30. The third-order valence-electron chi connectivity index (χ3n) is 19.8. The molecule has 5 atom stereocenters. The highest BCUT2D eigenvalue weighted by atomic mass is 31.2. The fraction of sp³-hybridized carbons (Fsp3) is 0.952. The van der Waals surface area contributed by atoms with Crippen molar-refractivity contribution in [1.82, 2.24) is 0 Å². The van der Waals surface area contributed by atoms with Crippen LogP contribution in [0.2, 0.25) is 0 Å². The molecule has 0 spiro atoms. The maximum absolute atomic E-state index is 13.1. The molecule has 3 N–H and O–H groups in total. The number of aliphatic hydroxyl groups excluding tert-OH is 1. The summed E-state index contributed by atoms with van der Waals surface area (Å²) in [6.45, 7) is 7.35. The van der Waals surface area contributed by atoms with Gasteiger partial charge in [0.25, 0.3) is 0 Å². The van der Waals surface area contributed by atoms with Gasteiger partial charge in [0.05, 0.1) is 26.4 Å². The number of hydrogen-bond acceptors (Lipinski definition) is 15. The maximum atomic E-state index is 13.1. The summed E-state index contributed by atoms with van der Waals surface area (Å²) < 4.78 is 68.8. The van der Waals surface area contributed by atoms with Crippen LogP contribution in [0.4, 0.5) is 0 Å². The predicted octanol–water partition coefficient (Wildman–Crippen LogP) is 25.6. The number of ether oxygens (including phenoxy) is 4. The Hall–Kier alpha value is -1.94. The minimum absolute atomic E-state index is 0.108. The Balaban J connectivity index is 5.22. The number of phosphoric acid groups is 2. The molecule has 0 aliphatic rings. The van der Waals surface area contributed by atoms with E-state index in [1.54, 1.807) is 0 Å². The van der Waals surface area contributed by atoms with Crippen molar-refractivity contribution in [3.05, 3.63) is 0 Å². The van der Waals surface area contributed by atoms with Gasteiger partial charge in [0.15, 0.2) is 12.2 Å². The van der Waals surface area contributed by atoms with E-state index in [9.17, 15) is 43.2 Å². The van der Waals surface area contributed by atoms with Crippen LogP contribution in [0.15, 0.2) is 0 Å². The zero-order valence-corrected chi connectivity index (χ0v) is 69.3. The zero-order valence-electron chi connectivity index (χ0n) is 67.5. The van der Waals surface area contributed by atoms with E-state index in [0.29, 0.717) is 25.7 Å². The molecule has 17 nitrogen and oxygen atoms in total. The minimum atomic E-state index is -4.96. The molecule has 19 heteroatoms. The number of rotatable bonds is 84. The molecule has 0 aromatic rings. The van der Waals surface area contributed by atoms with Crippen LogP contribution < -0.4 is 0 Å². The van der Waals surface area contributed by atoms with Crippen LogP contribution in [0.5, 0.6) is 0 Å². The Morgan fingerprint density at radius 1 is 0.262 bits per heavy atom. The van der Waals surface area contributed by atoms with Crippen molar-refractivity contribution < 1.29 is 80.2 Å². The van der Waals surface area contributed by atoms with Gasteiger partial charge < -0.3 is 33.8 Å². The van der Waals surface area contributed by atoms with Crippen LogP contribution in [-0.4, -0.2) is 96.7 Å². The van der Waals surface area contributed by atoms with Crippen molar-refractivity contribution in [2.24, 2.45) is 5.92 Å². The molecule has 2 unspecified atom stereocenters. The van der Waals surface area contributed by atoms with E-state index < -0.39 is 97.5 Å². The lowest BCUT2D eigenvalue weighted by atomic mass is 10.0. The summed E-state index contributed by atoms with van der Waals surface area (Å²) in [6, 6.07) is 0. The number of carbonyl (C=O) groups excluding carboxylic acids is 4. The molecular formula is C84H164O17P2. The molecule has 0 aliphatic carbocycles. The normalized spacial score (nSPS) is 13.8. The molecule has 0 bridgehead atoms. The van der Waals surface area contributed by atoms with Crippen LogP contribution in [0.1, 0.15) is 452 Å². The van der Waals surface area contributed by atoms with E-state index in [4.69, 9.17) is 37.0 Å². The summed E-state index contributed by atoms with van der Waals surface area (Å²) in [6.07, 6.45) is 69.4. The molecule has 0 amide bonds. The molecule has 612 valence electrons. The SMILES string of the molecule is CCCCCCCCCCCCCCCCCCCCCCCCC(=O)O[C@H](COC(=O)CCCCCCCCCCCCCCCC)COP(=O)(O)OC[C@@H](O)COP(=O)(O)OC[C@@H](COC(=O)CCCCCCCCCCCCC(C)C)OC(=O)CCCCCCCCCCCCCCCC. The molecule has 0 saturated carbocycles. The standard InChI is InChI=1S/C84H164O17P2/c1-6-9-12-15-18-21-24-27-30-31-32-33-34-35-36-37-40-43-50-55-60-65-70-84(89)100-79(73-94-81(86)67-62-57-52-47-41-38-28-25-22-19-16-13-10-7-2)75-98-102(90,91)96-71-78(85)72-97-103(92,93)99-76-80(74-95-82(87)68-63-58-53-48-45-44-46-51-56-61-66-77(4)5)101-83(88)69-64-59-54-49-42-39-29-26-23-20-17-14-11-8-3/h77-80,85H,6-76H2,1-5H3,(H,90,91)(H,92,93)/t78-,79-,80-/m1/s1. The monoisotopic (exact) mass is 1510 g/mol. The van der Waals surface area contributed by atoms with Crippen LogP contribution in [0, 0.1) is 5.92 Å². The second kappa shape index (κ2) is 76.8. The molecule has 0 radical (unpaired) electrons. The first kappa shape index (κ1) is 101. The fourth-order valence-corrected chi connectivity index (χ4v) is 14.7. The van der Waals surface area contributed by atoms with Gasteiger partial charge >= 0.3 is 39.5 Å². The number of unbranched alkanes of at least 4 members (excludes halogenated alkanes) is 56. The molecule has 0 saturated heterocycles. The largest absolute Gasteiger partial charge is 0.472 e. The van der Waals surface area contributed by atoms with Gasteiger partial charge in [-0.1, -0.05) is 401 Å². The molecule has 0 heterocycles. The topological polar surface area (TPSA) is 237 Å². The van der Waals surface area contributed by atoms with Crippen LogP contribution >= 0.6 is 15.6 Å². The molecule has 103 heavy (non-hydrogen) atoms. The van der Waals surface area contributed by atoms with Gasteiger partial charge in [-0.25, -0.2) is 9.13 Å². The quantitative estimate of drug-likeness (QED) is 0.0222. The van der Waals surface area contributed by atoms with Crippen molar-refractivity contribution >= 4 is 39.5 Å². The van der Waals surface area contributed by atoms with E-state index in [1.807, 2.05) is 0 Å². The average molecular weight is 1510 g/mol. The smallest absolute Gasteiger partial charge is 0.462 e. The Morgan fingerprint density at radius 3 is 0.660 bits per heavy atom. The second-order valence-corrected chi connectivity index (χ2v) is 33.6. The van der Waals surface area contributed by atoms with E-state index in [-0.39, 0.29) is 25.7 Å². The summed E-state index contributed by atoms with van der Waals surface area (Å²) in [5.74, 6) is -1.34. The average Bonchev–Trinajstić information content (AvgIpc) is 0.907. The lowest BCUT2D eigenvalue weighted by molar-refractivity contribution is -0.161. The predicted molar refractivity (Wildman–Crippen MR) is 423 cm³/mol. The highest BCUT2D eigenvalue weighted by molar-refractivity contribution is 7.47. The number of aliphatic hydroxyl groups is 1. The summed E-state index contributed by atoms with van der Waals surface area (Å²) in [7, 11) is -9.92. The lowest BCUT2D eigenvalue weighted by Crippen LogP contribution is -2.30. The van der Waals surface area contributed by atoms with Crippen molar-refractivity contribution in [3.63, 3.8) is 0 Å². The molecular weight excluding hydrogens is 1340 g/mol. The Labute approximate surface area is 632 Å². The summed E-state index contributed by atoms with van der Waals surface area (Å²) in [5, 5.41) is 10.7. The number of carbonyl (C=O) groups is 4. The third kappa shape index (κ3) is 78.0. The number of phosphoric ester groups is 2. The first-order chi connectivity index (χ1) is 50.0. The fourth-order valence-electron chi connectivity index (χ4n) is 13.1. The second-order valence-electron chi connectivity index (χ2n) is 30.7. The first-order valence-electron chi connectivity index (χ1n) is 43.6. The Bertz CT molecular complexity index is 1960. The maximum Gasteiger partial charge on any atom is 0.472 e. The molecule has 0 aromatic heterocycles. The number of esters is 4. The van der Waals surface area contributed by atoms with Gasteiger partial charge in [-0.15, -0.1) is 0 Å². The van der Waals surface area contributed by atoms with E-state index in [2.05, 4.69) is 34.6 Å². The number of hydrogen-bond donors (Lipinski definition) is 3. The lowest BCUT2D eigenvalue weighted by Gasteiger charge is -2.21. The van der Waals surface area contributed by atoms with Gasteiger partial charge in [0.2, 0.25) is 0 Å². The molecule has 0 aromatic carbocycles. The third-order valence-corrected chi connectivity index (χ3v) is 21.7. The van der Waals surface area contributed by atoms with Crippen molar-refractivity contribution in [2.45, 2.75) is 470 Å². The first-order valence-corrected chi connectivity index (χ1v) is 46.6. The van der Waals surface area contributed by atoms with Crippen LogP contribution in [-0.2, 0) is 65.4 Å². The zero-order chi connectivity index (χ0) is 75.5. The summed E-state index contributed by atoms with van der Waals surface area (Å²) >= 11 is 0. The minimum Gasteiger partial charge on any atom is -0.462 e. The van der Waals surface area contributed by atoms with Crippen molar-refractivity contribution in [2.75, 3.05) is 39.6 Å². The van der Waals surface area contributed by atoms with Crippen LogP contribution in [0.3, 0.4) is 0 Å². The van der Waals surface area contributed by atoms with Gasteiger partial charge in [-0.3, -0.25) is 37.3 Å². The summed E-state index contributed by atoms with van der Waals surface area (Å²) in [4.78, 5) is 73.2. The van der Waals surface area contributed by atoms with Crippen molar-refractivity contribution in [1.29, 1.82) is 0 Å². The van der Waals surface area contributed by atoms with Crippen LogP contribution in [0.25, 0.3) is 0 Å². The van der Waals surface area contributed by atoms with Gasteiger partial charge in [-0.05, 0) is 31.6 Å². The van der Waals surface area contributed by atoms with E-state index in [0.717, 1.165) is 95.8 Å². The van der Waals surface area contributed by atoms with Crippen molar-refractivity contribution in [3.8, 4) is 0 Å². The molecule has 0 rings (SSSR count).